The first kappa shape index (κ1) is 20.1. The van der Waals surface area contributed by atoms with Gasteiger partial charge in [0, 0.05) is 13.1 Å². The number of sulfonamides is 1. The van der Waals surface area contributed by atoms with Crippen LogP contribution in [0.3, 0.4) is 0 Å². The van der Waals surface area contributed by atoms with E-state index in [-0.39, 0.29) is 16.8 Å². The van der Waals surface area contributed by atoms with Crippen LogP contribution in [0.5, 0.6) is 0 Å². The Morgan fingerprint density at radius 3 is 2.17 bits per heavy atom. The molecule has 0 saturated heterocycles. The van der Waals surface area contributed by atoms with Gasteiger partial charge in [-0.2, -0.15) is 9.57 Å². The second-order valence-electron chi connectivity index (χ2n) is 6.09. The minimum atomic E-state index is -3.49. The molecular formula is C17H25N3O3S. The molecule has 0 aliphatic heterocycles. The van der Waals surface area contributed by atoms with E-state index in [0.29, 0.717) is 13.1 Å². The first-order valence-electron chi connectivity index (χ1n) is 7.92. The van der Waals surface area contributed by atoms with Crippen molar-refractivity contribution >= 4 is 15.9 Å². The molecule has 1 atom stereocenters. The molecule has 0 aromatic heterocycles. The predicted molar refractivity (Wildman–Crippen MR) is 92.5 cm³/mol. The van der Waals surface area contributed by atoms with Crippen LogP contribution in [-0.4, -0.2) is 31.7 Å². The number of hydrogen-bond acceptors (Lipinski definition) is 4. The van der Waals surface area contributed by atoms with Crippen molar-refractivity contribution in [1.29, 1.82) is 5.26 Å². The van der Waals surface area contributed by atoms with Crippen molar-refractivity contribution in [1.82, 2.24) is 9.62 Å². The van der Waals surface area contributed by atoms with Crippen molar-refractivity contribution in [3.63, 3.8) is 0 Å². The zero-order chi connectivity index (χ0) is 18.5. The van der Waals surface area contributed by atoms with Crippen molar-refractivity contribution in [3.8, 4) is 6.07 Å². The molecule has 1 rings (SSSR count). The Hall–Kier alpha value is -1.91. The summed E-state index contributed by atoms with van der Waals surface area (Å²) in [6.45, 7) is 9.31. The van der Waals surface area contributed by atoms with Crippen molar-refractivity contribution in [2.75, 3.05) is 13.1 Å². The Labute approximate surface area is 144 Å². The summed E-state index contributed by atoms with van der Waals surface area (Å²) >= 11 is 0. The fourth-order valence-corrected chi connectivity index (χ4v) is 3.61. The second-order valence-corrected chi connectivity index (χ2v) is 8.03. The summed E-state index contributed by atoms with van der Waals surface area (Å²) in [6, 6.07) is 8.08. The lowest BCUT2D eigenvalue weighted by Gasteiger charge is -2.21. The lowest BCUT2D eigenvalue weighted by molar-refractivity contribution is -0.127. The summed E-state index contributed by atoms with van der Waals surface area (Å²) in [5, 5.41) is 11.8. The van der Waals surface area contributed by atoms with Crippen LogP contribution in [0.2, 0.25) is 0 Å². The summed E-state index contributed by atoms with van der Waals surface area (Å²) in [5.41, 5.74) is -0.337. The normalized spacial score (nSPS) is 13.4. The Balaban J connectivity index is 2.96. The molecule has 0 aliphatic rings. The standard InChI is InChI=1S/C17H25N3O3S/c1-6-20(7-2)24(22,23)15-10-8-14(9-11-15)13(3)19-16(21)17(4,5)12-18/h8-11,13H,6-7H2,1-5H3,(H,19,21). The third-order valence-corrected chi connectivity index (χ3v) is 5.98. The average molecular weight is 351 g/mol. The van der Waals surface area contributed by atoms with Crippen LogP contribution in [0.25, 0.3) is 0 Å². The lowest BCUT2D eigenvalue weighted by Crippen LogP contribution is -2.37. The molecule has 1 aromatic carbocycles. The Morgan fingerprint density at radius 2 is 1.75 bits per heavy atom. The van der Waals surface area contributed by atoms with Crippen LogP contribution in [0, 0.1) is 16.7 Å². The molecule has 1 aromatic rings. The smallest absolute Gasteiger partial charge is 0.243 e. The molecule has 24 heavy (non-hydrogen) atoms. The molecule has 1 N–H and O–H groups in total. The number of nitrogens with zero attached hydrogens (tertiary/aromatic N) is 2. The highest BCUT2D eigenvalue weighted by Crippen LogP contribution is 2.21. The maximum atomic E-state index is 12.4. The molecule has 0 radical (unpaired) electrons. The van der Waals surface area contributed by atoms with Crippen molar-refractivity contribution in [3.05, 3.63) is 29.8 Å². The Morgan fingerprint density at radius 1 is 1.25 bits per heavy atom. The molecule has 1 unspecified atom stereocenters. The van der Waals surface area contributed by atoms with E-state index in [0.717, 1.165) is 5.56 Å². The summed E-state index contributed by atoms with van der Waals surface area (Å²) in [6.07, 6.45) is 0. The van der Waals surface area contributed by atoms with Crippen LogP contribution in [-0.2, 0) is 14.8 Å². The molecule has 0 aliphatic carbocycles. The number of carbonyl (C=O) groups excluding carboxylic acids is 1. The highest BCUT2D eigenvalue weighted by atomic mass is 32.2. The van der Waals surface area contributed by atoms with E-state index in [1.165, 1.54) is 4.31 Å². The van der Waals surface area contributed by atoms with Gasteiger partial charge >= 0.3 is 0 Å². The van der Waals surface area contributed by atoms with E-state index < -0.39 is 15.4 Å². The van der Waals surface area contributed by atoms with Gasteiger partial charge in [0.15, 0.2) is 0 Å². The van der Waals surface area contributed by atoms with E-state index in [9.17, 15) is 13.2 Å². The number of nitriles is 1. The van der Waals surface area contributed by atoms with E-state index >= 15 is 0 Å². The first-order chi connectivity index (χ1) is 11.1. The molecule has 0 spiro atoms. The monoisotopic (exact) mass is 351 g/mol. The maximum absolute atomic E-state index is 12.4. The Kier molecular flexibility index (Phi) is 6.52. The molecular weight excluding hydrogens is 326 g/mol. The van der Waals surface area contributed by atoms with E-state index in [2.05, 4.69) is 5.32 Å². The van der Waals surface area contributed by atoms with Gasteiger partial charge in [-0.15, -0.1) is 0 Å². The molecule has 6 nitrogen and oxygen atoms in total. The van der Waals surface area contributed by atoms with Crippen LogP contribution in [0.1, 0.15) is 46.2 Å². The summed E-state index contributed by atoms with van der Waals surface area (Å²) in [7, 11) is -3.49. The number of amides is 1. The molecule has 0 heterocycles. The number of hydrogen-bond donors (Lipinski definition) is 1. The SMILES string of the molecule is CCN(CC)S(=O)(=O)c1ccc(C(C)NC(=O)C(C)(C)C#N)cc1. The van der Waals surface area contributed by atoms with Gasteiger partial charge in [0.25, 0.3) is 0 Å². The highest BCUT2D eigenvalue weighted by Gasteiger charge is 2.28. The van der Waals surface area contributed by atoms with Crippen molar-refractivity contribution in [2.24, 2.45) is 5.41 Å². The summed E-state index contributed by atoms with van der Waals surface area (Å²) in [5.74, 6) is -0.364. The fraction of sp³-hybridized carbons (Fsp3) is 0.529. The summed E-state index contributed by atoms with van der Waals surface area (Å²) < 4.78 is 26.3. The minimum Gasteiger partial charge on any atom is -0.348 e. The quantitative estimate of drug-likeness (QED) is 0.817. The lowest BCUT2D eigenvalue weighted by atomic mass is 9.94. The maximum Gasteiger partial charge on any atom is 0.243 e. The second kappa shape index (κ2) is 7.77. The summed E-state index contributed by atoms with van der Waals surface area (Å²) in [4.78, 5) is 12.3. The van der Waals surface area contributed by atoms with Gasteiger partial charge in [-0.3, -0.25) is 4.79 Å². The Bertz CT molecular complexity index is 714. The topological polar surface area (TPSA) is 90.3 Å². The van der Waals surface area contributed by atoms with Gasteiger partial charge in [-0.05, 0) is 38.5 Å². The molecule has 1 amide bonds. The third kappa shape index (κ3) is 4.34. The molecule has 132 valence electrons. The van der Waals surface area contributed by atoms with E-state index in [1.54, 1.807) is 58.9 Å². The minimum absolute atomic E-state index is 0.228. The van der Waals surface area contributed by atoms with Gasteiger partial charge in [0.2, 0.25) is 15.9 Å². The molecule has 0 fully saturated rings. The largest absolute Gasteiger partial charge is 0.348 e. The van der Waals surface area contributed by atoms with Crippen molar-refractivity contribution < 1.29 is 13.2 Å². The van der Waals surface area contributed by atoms with Gasteiger partial charge in [0.1, 0.15) is 5.41 Å². The predicted octanol–water partition coefficient (Wildman–Crippen LogP) is 2.44. The highest BCUT2D eigenvalue weighted by molar-refractivity contribution is 7.89. The zero-order valence-corrected chi connectivity index (χ0v) is 15.6. The van der Waals surface area contributed by atoms with Gasteiger partial charge in [0.05, 0.1) is 17.0 Å². The number of rotatable bonds is 7. The molecule has 7 heteroatoms. The van der Waals surface area contributed by atoms with Crippen LogP contribution < -0.4 is 5.32 Å². The van der Waals surface area contributed by atoms with E-state index in [4.69, 9.17) is 5.26 Å². The number of nitrogens with one attached hydrogen (secondary N) is 1. The van der Waals surface area contributed by atoms with Crippen molar-refractivity contribution in [2.45, 2.75) is 45.6 Å². The van der Waals surface area contributed by atoms with Gasteiger partial charge in [-0.25, -0.2) is 8.42 Å². The zero-order valence-electron chi connectivity index (χ0n) is 14.8. The van der Waals surface area contributed by atoms with Gasteiger partial charge < -0.3 is 5.32 Å². The third-order valence-electron chi connectivity index (χ3n) is 3.92. The average Bonchev–Trinajstić information content (AvgIpc) is 2.55. The van der Waals surface area contributed by atoms with Crippen LogP contribution in [0.4, 0.5) is 0 Å². The number of carbonyl (C=O) groups is 1. The number of benzene rings is 1. The molecule has 0 bridgehead atoms. The van der Waals surface area contributed by atoms with Crippen LogP contribution in [0.15, 0.2) is 29.2 Å². The first-order valence-corrected chi connectivity index (χ1v) is 9.36. The van der Waals surface area contributed by atoms with Crippen LogP contribution >= 0.6 is 0 Å². The van der Waals surface area contributed by atoms with Gasteiger partial charge in [-0.1, -0.05) is 26.0 Å². The molecule has 0 saturated carbocycles. The van der Waals surface area contributed by atoms with E-state index in [1.807, 2.05) is 6.07 Å². The fourth-order valence-electron chi connectivity index (χ4n) is 2.15.